The fourth-order valence-corrected chi connectivity index (χ4v) is 1.98. The van der Waals surface area contributed by atoms with E-state index in [0.717, 1.165) is 30.4 Å². The standard InChI is InChI=1S/C17H24N4O/c1-4-15-10-16(22-21-15)12-20-17(18-5-2)19-11-14-8-6-13(3)7-9-14/h6-10H,4-5,11-12H2,1-3H3,(H2,18,19,20). The Morgan fingerprint density at radius 3 is 2.59 bits per heavy atom. The number of aromatic nitrogens is 1. The molecule has 0 amide bonds. The van der Waals surface area contributed by atoms with Crippen molar-refractivity contribution in [2.24, 2.45) is 4.99 Å². The van der Waals surface area contributed by atoms with E-state index in [1.807, 2.05) is 13.0 Å². The lowest BCUT2D eigenvalue weighted by Gasteiger charge is -2.09. The number of aryl methyl sites for hydroxylation is 2. The molecule has 0 fully saturated rings. The van der Waals surface area contributed by atoms with Gasteiger partial charge in [0.25, 0.3) is 0 Å². The topological polar surface area (TPSA) is 62.5 Å². The fourth-order valence-electron chi connectivity index (χ4n) is 1.98. The minimum atomic E-state index is 0.576. The molecule has 1 heterocycles. The van der Waals surface area contributed by atoms with E-state index in [0.29, 0.717) is 13.1 Å². The molecule has 0 spiro atoms. The first-order chi connectivity index (χ1) is 10.7. The predicted octanol–water partition coefficient (Wildman–Crippen LogP) is 2.80. The molecule has 118 valence electrons. The zero-order valence-electron chi connectivity index (χ0n) is 13.5. The van der Waals surface area contributed by atoms with Crippen LogP contribution in [0, 0.1) is 6.92 Å². The Kier molecular flexibility index (Phi) is 6.01. The summed E-state index contributed by atoms with van der Waals surface area (Å²) < 4.78 is 5.26. The molecule has 0 aliphatic rings. The van der Waals surface area contributed by atoms with Crippen LogP contribution in [0.5, 0.6) is 0 Å². The molecule has 0 unspecified atom stereocenters. The highest BCUT2D eigenvalue weighted by molar-refractivity contribution is 5.79. The highest BCUT2D eigenvalue weighted by atomic mass is 16.5. The quantitative estimate of drug-likeness (QED) is 0.636. The van der Waals surface area contributed by atoms with Gasteiger partial charge in [-0.15, -0.1) is 0 Å². The van der Waals surface area contributed by atoms with E-state index < -0.39 is 0 Å². The second-order valence-corrected chi connectivity index (χ2v) is 5.17. The summed E-state index contributed by atoms with van der Waals surface area (Å²) in [7, 11) is 0. The van der Waals surface area contributed by atoms with Crippen molar-refractivity contribution in [1.29, 1.82) is 0 Å². The first kappa shape index (κ1) is 16.1. The summed E-state index contributed by atoms with van der Waals surface area (Å²) in [4.78, 5) is 4.59. The van der Waals surface area contributed by atoms with Crippen LogP contribution in [0.3, 0.4) is 0 Å². The largest absolute Gasteiger partial charge is 0.359 e. The van der Waals surface area contributed by atoms with Crippen molar-refractivity contribution in [1.82, 2.24) is 15.8 Å². The summed E-state index contributed by atoms with van der Waals surface area (Å²) in [6, 6.07) is 10.4. The molecule has 22 heavy (non-hydrogen) atoms. The van der Waals surface area contributed by atoms with Crippen LogP contribution in [0.4, 0.5) is 0 Å². The minimum absolute atomic E-state index is 0.576. The second kappa shape index (κ2) is 8.22. The Morgan fingerprint density at radius 1 is 1.18 bits per heavy atom. The van der Waals surface area contributed by atoms with Crippen molar-refractivity contribution in [3.8, 4) is 0 Å². The lowest BCUT2D eigenvalue weighted by Crippen LogP contribution is -2.36. The van der Waals surface area contributed by atoms with Gasteiger partial charge in [0.05, 0.1) is 18.8 Å². The molecule has 2 N–H and O–H groups in total. The summed E-state index contributed by atoms with van der Waals surface area (Å²) in [5, 5.41) is 10.5. The maximum atomic E-state index is 5.26. The number of rotatable bonds is 6. The maximum absolute atomic E-state index is 5.26. The van der Waals surface area contributed by atoms with Crippen molar-refractivity contribution in [3.63, 3.8) is 0 Å². The number of hydrogen-bond acceptors (Lipinski definition) is 3. The van der Waals surface area contributed by atoms with Crippen LogP contribution >= 0.6 is 0 Å². The Hall–Kier alpha value is -2.30. The number of guanidine groups is 1. The SMILES string of the molecule is CCNC(=NCc1ccc(C)cc1)NCc1cc(CC)no1. The van der Waals surface area contributed by atoms with Crippen LogP contribution < -0.4 is 10.6 Å². The van der Waals surface area contributed by atoms with Gasteiger partial charge in [-0.05, 0) is 25.8 Å². The van der Waals surface area contributed by atoms with Gasteiger partial charge < -0.3 is 15.2 Å². The van der Waals surface area contributed by atoms with Crippen molar-refractivity contribution in [2.75, 3.05) is 6.54 Å². The van der Waals surface area contributed by atoms with Crippen molar-refractivity contribution >= 4 is 5.96 Å². The van der Waals surface area contributed by atoms with Crippen molar-refractivity contribution in [3.05, 3.63) is 52.9 Å². The summed E-state index contributed by atoms with van der Waals surface area (Å²) >= 11 is 0. The number of nitrogens with zero attached hydrogens (tertiary/aromatic N) is 2. The van der Waals surface area contributed by atoms with Gasteiger partial charge in [0.2, 0.25) is 0 Å². The van der Waals surface area contributed by atoms with Crippen LogP contribution in [-0.4, -0.2) is 17.7 Å². The first-order valence-electron chi connectivity index (χ1n) is 7.73. The molecule has 0 bridgehead atoms. The summed E-state index contributed by atoms with van der Waals surface area (Å²) in [6.07, 6.45) is 0.880. The Labute approximate surface area is 131 Å². The van der Waals surface area contributed by atoms with Gasteiger partial charge in [0.1, 0.15) is 0 Å². The Morgan fingerprint density at radius 2 is 1.95 bits per heavy atom. The first-order valence-corrected chi connectivity index (χ1v) is 7.73. The molecule has 5 heteroatoms. The second-order valence-electron chi connectivity index (χ2n) is 5.17. The van der Waals surface area contributed by atoms with Gasteiger partial charge in [-0.3, -0.25) is 0 Å². The minimum Gasteiger partial charge on any atom is -0.359 e. The maximum Gasteiger partial charge on any atom is 0.191 e. The Bertz CT molecular complexity index is 601. The van der Waals surface area contributed by atoms with Gasteiger partial charge in [0.15, 0.2) is 11.7 Å². The molecular formula is C17H24N4O. The molecule has 2 rings (SSSR count). The molecule has 0 radical (unpaired) electrons. The number of nitrogens with one attached hydrogen (secondary N) is 2. The zero-order chi connectivity index (χ0) is 15.8. The summed E-state index contributed by atoms with van der Waals surface area (Å²) in [5.41, 5.74) is 3.42. The molecule has 5 nitrogen and oxygen atoms in total. The lowest BCUT2D eigenvalue weighted by atomic mass is 10.1. The fraction of sp³-hybridized carbons (Fsp3) is 0.412. The number of hydrogen-bond donors (Lipinski definition) is 2. The normalized spacial score (nSPS) is 11.5. The molecular weight excluding hydrogens is 276 g/mol. The third-order valence-corrected chi connectivity index (χ3v) is 3.28. The van der Waals surface area contributed by atoms with Crippen molar-refractivity contribution in [2.45, 2.75) is 40.3 Å². The van der Waals surface area contributed by atoms with E-state index >= 15 is 0 Å². The molecule has 0 aliphatic carbocycles. The van der Waals surface area contributed by atoms with E-state index in [2.05, 4.69) is 58.9 Å². The van der Waals surface area contributed by atoms with Gasteiger partial charge in [-0.25, -0.2) is 4.99 Å². The molecule has 0 saturated carbocycles. The van der Waals surface area contributed by atoms with Gasteiger partial charge >= 0.3 is 0 Å². The smallest absolute Gasteiger partial charge is 0.191 e. The van der Waals surface area contributed by atoms with E-state index in [9.17, 15) is 0 Å². The van der Waals surface area contributed by atoms with E-state index in [1.165, 1.54) is 11.1 Å². The Balaban J connectivity index is 1.93. The lowest BCUT2D eigenvalue weighted by molar-refractivity contribution is 0.374. The van der Waals surface area contributed by atoms with Gasteiger partial charge in [0, 0.05) is 12.6 Å². The average Bonchev–Trinajstić information content (AvgIpc) is 3.00. The van der Waals surface area contributed by atoms with E-state index in [1.54, 1.807) is 0 Å². The number of aliphatic imine (C=N–C) groups is 1. The summed E-state index contributed by atoms with van der Waals surface area (Å²) in [6.45, 7) is 8.23. The molecule has 0 saturated heterocycles. The van der Waals surface area contributed by atoms with Crippen molar-refractivity contribution < 1.29 is 4.52 Å². The van der Waals surface area contributed by atoms with Crippen LogP contribution in [0.2, 0.25) is 0 Å². The molecule has 1 aromatic carbocycles. The third kappa shape index (κ3) is 4.91. The number of benzene rings is 1. The van der Waals surface area contributed by atoms with Crippen LogP contribution in [-0.2, 0) is 19.5 Å². The zero-order valence-corrected chi connectivity index (χ0v) is 13.5. The van der Waals surface area contributed by atoms with Gasteiger partial charge in [-0.1, -0.05) is 41.9 Å². The van der Waals surface area contributed by atoms with Crippen LogP contribution in [0.15, 0.2) is 39.8 Å². The average molecular weight is 300 g/mol. The molecule has 0 atom stereocenters. The third-order valence-electron chi connectivity index (χ3n) is 3.28. The highest BCUT2D eigenvalue weighted by Crippen LogP contribution is 2.05. The monoisotopic (exact) mass is 300 g/mol. The van der Waals surface area contributed by atoms with E-state index in [-0.39, 0.29) is 0 Å². The molecule has 2 aromatic rings. The van der Waals surface area contributed by atoms with E-state index in [4.69, 9.17) is 4.52 Å². The predicted molar refractivity (Wildman–Crippen MR) is 88.7 cm³/mol. The molecule has 0 aliphatic heterocycles. The molecule has 1 aromatic heterocycles. The highest BCUT2D eigenvalue weighted by Gasteiger charge is 2.04. The van der Waals surface area contributed by atoms with Crippen LogP contribution in [0.1, 0.15) is 36.4 Å². The van der Waals surface area contributed by atoms with Crippen LogP contribution in [0.25, 0.3) is 0 Å². The van der Waals surface area contributed by atoms with Gasteiger partial charge in [-0.2, -0.15) is 0 Å². The summed E-state index contributed by atoms with van der Waals surface area (Å²) in [5.74, 6) is 1.59.